The third kappa shape index (κ3) is 2.43. The third-order valence-corrected chi connectivity index (χ3v) is 4.97. The maximum absolute atomic E-state index is 11.9. The molecule has 1 aliphatic heterocycles. The van der Waals surface area contributed by atoms with Gasteiger partial charge in [-0.1, -0.05) is 12.1 Å². The Morgan fingerprint density at radius 1 is 1.38 bits per heavy atom. The Morgan fingerprint density at radius 3 is 2.90 bits per heavy atom. The van der Waals surface area contributed by atoms with E-state index in [4.69, 9.17) is 15.2 Å². The number of carbonyl (C=O) groups is 1. The molecule has 1 aliphatic rings. The number of anilines is 1. The summed E-state index contributed by atoms with van der Waals surface area (Å²) in [4.78, 5) is 13.4. The Morgan fingerprint density at radius 2 is 2.14 bits per heavy atom. The Kier molecular flexibility index (Phi) is 3.69. The molecular formula is C16H17NO3S. The van der Waals surface area contributed by atoms with E-state index < -0.39 is 0 Å². The number of nitrogens with two attached hydrogens (primary N) is 1. The van der Waals surface area contributed by atoms with Crippen molar-refractivity contribution in [2.24, 2.45) is 0 Å². The van der Waals surface area contributed by atoms with Gasteiger partial charge < -0.3 is 15.2 Å². The maximum atomic E-state index is 11.9. The minimum Gasteiger partial charge on any atom is -0.462 e. The van der Waals surface area contributed by atoms with E-state index in [1.165, 1.54) is 22.5 Å². The molecule has 0 saturated carbocycles. The largest absolute Gasteiger partial charge is 0.462 e. The van der Waals surface area contributed by atoms with Gasteiger partial charge in [0.1, 0.15) is 4.88 Å². The van der Waals surface area contributed by atoms with Gasteiger partial charge in [0.2, 0.25) is 0 Å². The molecule has 0 radical (unpaired) electrons. The smallest absolute Gasteiger partial charge is 0.350 e. The highest BCUT2D eigenvalue weighted by Gasteiger charge is 2.21. The fourth-order valence-corrected chi connectivity index (χ4v) is 3.58. The highest BCUT2D eigenvalue weighted by molar-refractivity contribution is 7.18. The van der Waals surface area contributed by atoms with Crippen molar-refractivity contribution in [3.8, 4) is 10.4 Å². The zero-order valence-electron chi connectivity index (χ0n) is 12.1. The van der Waals surface area contributed by atoms with Crippen molar-refractivity contribution in [2.75, 3.05) is 12.3 Å². The lowest BCUT2D eigenvalue weighted by Gasteiger charge is -2.03. The molecule has 21 heavy (non-hydrogen) atoms. The molecule has 0 unspecified atom stereocenters. The van der Waals surface area contributed by atoms with E-state index in [-0.39, 0.29) is 5.97 Å². The minimum atomic E-state index is -0.348. The van der Waals surface area contributed by atoms with Crippen LogP contribution in [-0.2, 0) is 22.7 Å². The average Bonchev–Trinajstić information content (AvgIpc) is 3.05. The second kappa shape index (κ2) is 5.50. The van der Waals surface area contributed by atoms with Crippen LogP contribution in [0.4, 0.5) is 5.69 Å². The molecular weight excluding hydrogens is 286 g/mol. The van der Waals surface area contributed by atoms with Crippen LogP contribution in [0, 0.1) is 6.92 Å². The summed E-state index contributed by atoms with van der Waals surface area (Å²) >= 11 is 1.39. The van der Waals surface area contributed by atoms with Gasteiger partial charge in [0.25, 0.3) is 0 Å². The summed E-state index contributed by atoms with van der Waals surface area (Å²) in [5, 5.41) is 0. The molecule has 0 bridgehead atoms. The van der Waals surface area contributed by atoms with E-state index in [0.717, 1.165) is 16.0 Å². The predicted octanol–water partition coefficient (Wildman–Crippen LogP) is 3.51. The highest BCUT2D eigenvalue weighted by atomic mass is 32.1. The summed E-state index contributed by atoms with van der Waals surface area (Å²) in [6.45, 7) is 5.40. The number of esters is 1. The molecule has 2 N–H and O–H groups in total. The summed E-state index contributed by atoms with van der Waals surface area (Å²) in [6, 6.07) is 6.26. The van der Waals surface area contributed by atoms with Gasteiger partial charge in [-0.2, -0.15) is 0 Å². The first-order valence-corrected chi connectivity index (χ1v) is 7.69. The lowest BCUT2D eigenvalue weighted by molar-refractivity contribution is 0.0533. The van der Waals surface area contributed by atoms with Gasteiger partial charge in [0, 0.05) is 4.88 Å². The zero-order valence-corrected chi connectivity index (χ0v) is 12.9. The number of nitrogen functional groups attached to an aromatic ring is 1. The van der Waals surface area contributed by atoms with Gasteiger partial charge in [0.15, 0.2) is 0 Å². The van der Waals surface area contributed by atoms with Crippen LogP contribution in [0.5, 0.6) is 0 Å². The summed E-state index contributed by atoms with van der Waals surface area (Å²) in [5.41, 5.74) is 11.0. The zero-order chi connectivity index (χ0) is 15.0. The quantitative estimate of drug-likeness (QED) is 0.881. The first-order chi connectivity index (χ1) is 10.1. The molecule has 5 heteroatoms. The summed E-state index contributed by atoms with van der Waals surface area (Å²) in [5.74, 6) is -0.348. The van der Waals surface area contributed by atoms with Crippen LogP contribution in [0.1, 0.15) is 33.3 Å². The van der Waals surface area contributed by atoms with Gasteiger partial charge in [-0.05, 0) is 42.2 Å². The summed E-state index contributed by atoms with van der Waals surface area (Å²) in [6.07, 6.45) is 0. The van der Waals surface area contributed by atoms with Crippen molar-refractivity contribution in [1.29, 1.82) is 0 Å². The van der Waals surface area contributed by atoms with Crippen LogP contribution >= 0.6 is 11.3 Å². The van der Waals surface area contributed by atoms with Crippen molar-refractivity contribution in [2.45, 2.75) is 27.1 Å². The number of ether oxygens (including phenoxy) is 2. The molecule has 0 aliphatic carbocycles. The third-order valence-electron chi connectivity index (χ3n) is 3.64. The molecule has 0 fully saturated rings. The topological polar surface area (TPSA) is 61.5 Å². The number of hydrogen-bond acceptors (Lipinski definition) is 5. The fourth-order valence-electron chi connectivity index (χ4n) is 2.46. The number of benzene rings is 1. The van der Waals surface area contributed by atoms with Gasteiger partial charge in [-0.15, -0.1) is 11.3 Å². The summed E-state index contributed by atoms with van der Waals surface area (Å²) < 4.78 is 10.5. The Balaban J connectivity index is 2.03. The van der Waals surface area contributed by atoms with Crippen LogP contribution in [0.2, 0.25) is 0 Å². The molecule has 3 rings (SSSR count). The number of rotatable bonds is 3. The van der Waals surface area contributed by atoms with E-state index in [9.17, 15) is 4.79 Å². The van der Waals surface area contributed by atoms with Crippen molar-refractivity contribution in [3.63, 3.8) is 0 Å². The number of hydrogen-bond donors (Lipinski definition) is 1. The van der Waals surface area contributed by atoms with Crippen molar-refractivity contribution >= 4 is 23.0 Å². The lowest BCUT2D eigenvalue weighted by Crippen LogP contribution is -2.05. The van der Waals surface area contributed by atoms with Crippen LogP contribution in [0.15, 0.2) is 18.2 Å². The Hall–Kier alpha value is -1.85. The molecule has 0 spiro atoms. The maximum Gasteiger partial charge on any atom is 0.350 e. The van der Waals surface area contributed by atoms with E-state index in [0.29, 0.717) is 30.4 Å². The van der Waals surface area contributed by atoms with E-state index in [1.807, 2.05) is 6.92 Å². The summed E-state index contributed by atoms with van der Waals surface area (Å²) in [7, 11) is 0. The number of carbonyl (C=O) groups excluding carboxylic acids is 1. The number of thiophene rings is 1. The van der Waals surface area contributed by atoms with Crippen molar-refractivity contribution in [1.82, 2.24) is 0 Å². The fraction of sp³-hybridized carbons (Fsp3) is 0.312. The normalized spacial score (nSPS) is 13.2. The molecule has 0 atom stereocenters. The SMILES string of the molecule is CCOC(=O)c1sc(-c2ccc3c(c2)COC3)c(C)c1N. The second-order valence-corrected chi connectivity index (χ2v) is 6.02. The molecule has 2 heterocycles. The number of fused-ring (bicyclic) bond motifs is 1. The molecule has 2 aromatic rings. The van der Waals surface area contributed by atoms with Crippen LogP contribution in [-0.4, -0.2) is 12.6 Å². The predicted molar refractivity (Wildman–Crippen MR) is 83.4 cm³/mol. The van der Waals surface area contributed by atoms with Gasteiger partial charge in [-0.3, -0.25) is 0 Å². The van der Waals surface area contributed by atoms with Gasteiger partial charge in [0.05, 0.1) is 25.5 Å². The Bertz CT molecular complexity index is 706. The van der Waals surface area contributed by atoms with Gasteiger partial charge >= 0.3 is 5.97 Å². The lowest BCUT2D eigenvalue weighted by atomic mass is 10.0. The Labute approximate surface area is 127 Å². The van der Waals surface area contributed by atoms with E-state index >= 15 is 0 Å². The minimum absolute atomic E-state index is 0.348. The van der Waals surface area contributed by atoms with Crippen molar-refractivity contribution in [3.05, 3.63) is 39.8 Å². The van der Waals surface area contributed by atoms with E-state index in [1.54, 1.807) is 6.92 Å². The first kappa shape index (κ1) is 14.1. The molecule has 1 aromatic carbocycles. The molecule has 0 saturated heterocycles. The molecule has 1 aromatic heterocycles. The first-order valence-electron chi connectivity index (χ1n) is 6.87. The average molecular weight is 303 g/mol. The molecule has 0 amide bonds. The van der Waals surface area contributed by atoms with Crippen LogP contribution in [0.25, 0.3) is 10.4 Å². The van der Waals surface area contributed by atoms with Crippen LogP contribution < -0.4 is 5.73 Å². The standard InChI is InChI=1S/C16H17NO3S/c1-3-20-16(18)15-13(17)9(2)14(21-15)10-4-5-11-7-19-8-12(11)6-10/h4-6H,3,7-8,17H2,1-2H3. The highest BCUT2D eigenvalue weighted by Crippen LogP contribution is 2.39. The van der Waals surface area contributed by atoms with Gasteiger partial charge in [-0.25, -0.2) is 4.79 Å². The van der Waals surface area contributed by atoms with Crippen LogP contribution in [0.3, 0.4) is 0 Å². The monoisotopic (exact) mass is 303 g/mol. The second-order valence-electron chi connectivity index (χ2n) is 5.00. The van der Waals surface area contributed by atoms with Crippen molar-refractivity contribution < 1.29 is 14.3 Å². The van der Waals surface area contributed by atoms with E-state index in [2.05, 4.69) is 18.2 Å². The molecule has 110 valence electrons. The molecule has 4 nitrogen and oxygen atoms in total.